The molecule has 0 radical (unpaired) electrons. The average molecular weight is 448 g/mol. The lowest BCUT2D eigenvalue weighted by Gasteiger charge is -2.29. The van der Waals surface area contributed by atoms with Crippen LogP contribution in [0.5, 0.6) is 0 Å². The fraction of sp³-hybridized carbons (Fsp3) is 0.250. The van der Waals surface area contributed by atoms with Crippen molar-refractivity contribution >= 4 is 48.3 Å². The minimum absolute atomic E-state index is 0.201. The largest absolute Gasteiger partial charge is 0.451 e. The van der Waals surface area contributed by atoms with Crippen LogP contribution in [0.15, 0.2) is 50.2 Å². The Balaban J connectivity index is 1.77. The van der Waals surface area contributed by atoms with Crippen LogP contribution in [-0.4, -0.2) is 27.1 Å². The number of anilines is 1. The minimum Gasteiger partial charge on any atom is -0.451 e. The Hall–Kier alpha value is -2.12. The summed E-state index contributed by atoms with van der Waals surface area (Å²) in [5.41, 5.74) is 3.09. The van der Waals surface area contributed by atoms with Crippen LogP contribution in [0, 0.1) is 6.92 Å². The van der Waals surface area contributed by atoms with Crippen LogP contribution in [-0.2, 0) is 16.3 Å². The van der Waals surface area contributed by atoms with Gasteiger partial charge in [-0.3, -0.25) is 4.79 Å². The Morgan fingerprint density at radius 3 is 2.70 bits per heavy atom. The van der Waals surface area contributed by atoms with E-state index in [-0.39, 0.29) is 10.8 Å². The number of rotatable bonds is 2. The molecule has 2 heterocycles. The molecule has 27 heavy (non-hydrogen) atoms. The van der Waals surface area contributed by atoms with E-state index >= 15 is 0 Å². The second kappa shape index (κ2) is 6.49. The number of halogens is 1. The Bertz CT molecular complexity index is 1180. The van der Waals surface area contributed by atoms with Gasteiger partial charge < -0.3 is 9.32 Å². The van der Waals surface area contributed by atoms with E-state index in [0.717, 1.165) is 39.5 Å². The van der Waals surface area contributed by atoms with E-state index in [1.807, 2.05) is 25.1 Å². The van der Waals surface area contributed by atoms with Crippen molar-refractivity contribution in [3.05, 3.63) is 57.8 Å². The van der Waals surface area contributed by atoms with Crippen molar-refractivity contribution in [3.8, 4) is 0 Å². The quantitative estimate of drug-likeness (QED) is 0.579. The number of aryl methyl sites for hydroxylation is 2. The summed E-state index contributed by atoms with van der Waals surface area (Å²) in [6.45, 7) is 2.45. The summed E-state index contributed by atoms with van der Waals surface area (Å²) in [6, 6.07) is 10.6. The second-order valence-electron chi connectivity index (χ2n) is 6.82. The van der Waals surface area contributed by atoms with Crippen LogP contribution in [0.4, 0.5) is 5.69 Å². The number of hydrogen-bond donors (Lipinski definition) is 0. The predicted octanol–water partition coefficient (Wildman–Crippen LogP) is 4.50. The summed E-state index contributed by atoms with van der Waals surface area (Å²) in [7, 11) is -3.28. The van der Waals surface area contributed by atoms with Gasteiger partial charge in [0.25, 0.3) is 5.91 Å². The van der Waals surface area contributed by atoms with E-state index in [2.05, 4.69) is 15.9 Å². The molecule has 0 unspecified atom stereocenters. The smallest absolute Gasteiger partial charge is 0.294 e. The molecule has 1 amide bonds. The molecule has 0 saturated carbocycles. The molecule has 2 aromatic carbocycles. The molecule has 4 rings (SSSR count). The van der Waals surface area contributed by atoms with Gasteiger partial charge >= 0.3 is 0 Å². The van der Waals surface area contributed by atoms with Crippen LogP contribution >= 0.6 is 15.9 Å². The molecule has 7 heteroatoms. The molecule has 0 spiro atoms. The highest BCUT2D eigenvalue weighted by molar-refractivity contribution is 9.10. The number of hydrogen-bond acceptors (Lipinski definition) is 4. The van der Waals surface area contributed by atoms with Crippen molar-refractivity contribution in [1.82, 2.24) is 0 Å². The minimum atomic E-state index is -3.28. The first-order valence-electron chi connectivity index (χ1n) is 8.59. The zero-order valence-corrected chi connectivity index (χ0v) is 17.4. The highest BCUT2D eigenvalue weighted by atomic mass is 79.9. The number of amides is 1. The monoisotopic (exact) mass is 447 g/mol. The molecule has 0 N–H and O–H groups in total. The van der Waals surface area contributed by atoms with Gasteiger partial charge in [-0.2, -0.15) is 0 Å². The van der Waals surface area contributed by atoms with Gasteiger partial charge in [-0.1, -0.05) is 15.9 Å². The molecule has 0 atom stereocenters. The van der Waals surface area contributed by atoms with E-state index in [4.69, 9.17) is 4.42 Å². The number of fused-ring (bicyclic) bond motifs is 2. The van der Waals surface area contributed by atoms with Gasteiger partial charge in [0, 0.05) is 33.9 Å². The van der Waals surface area contributed by atoms with Crippen molar-refractivity contribution < 1.29 is 17.6 Å². The molecule has 1 aromatic heterocycles. The highest BCUT2D eigenvalue weighted by Crippen LogP contribution is 2.33. The first-order valence-corrected chi connectivity index (χ1v) is 11.3. The van der Waals surface area contributed by atoms with E-state index in [1.54, 1.807) is 23.1 Å². The number of sulfone groups is 1. The van der Waals surface area contributed by atoms with Crippen LogP contribution in [0.25, 0.3) is 11.0 Å². The summed E-state index contributed by atoms with van der Waals surface area (Å²) < 4.78 is 30.4. The molecule has 0 saturated heterocycles. The average Bonchev–Trinajstić information content (AvgIpc) is 2.95. The number of nitrogens with zero attached hydrogens (tertiary/aromatic N) is 1. The zero-order chi connectivity index (χ0) is 19.3. The van der Waals surface area contributed by atoms with Crippen LogP contribution < -0.4 is 4.90 Å². The maximum absolute atomic E-state index is 13.2. The van der Waals surface area contributed by atoms with Crippen LogP contribution in [0.3, 0.4) is 0 Å². The van der Waals surface area contributed by atoms with E-state index < -0.39 is 9.84 Å². The van der Waals surface area contributed by atoms with Gasteiger partial charge in [0.15, 0.2) is 15.6 Å². The van der Waals surface area contributed by atoms with Gasteiger partial charge in [-0.25, -0.2) is 8.42 Å². The SMILES string of the molecule is Cc1c(C(=O)N2CCCc3cc(S(C)(=O)=O)ccc32)oc2ccc(Br)cc12. The molecule has 0 bridgehead atoms. The van der Waals surface area contributed by atoms with E-state index in [1.165, 1.54) is 6.26 Å². The fourth-order valence-corrected chi connectivity index (χ4v) is 4.57. The van der Waals surface area contributed by atoms with Gasteiger partial charge in [-0.15, -0.1) is 0 Å². The molecule has 0 aliphatic carbocycles. The predicted molar refractivity (Wildman–Crippen MR) is 108 cm³/mol. The maximum atomic E-state index is 13.2. The summed E-state index contributed by atoms with van der Waals surface area (Å²) in [5, 5.41) is 0.900. The summed E-state index contributed by atoms with van der Waals surface area (Å²) in [6.07, 6.45) is 2.71. The summed E-state index contributed by atoms with van der Waals surface area (Å²) in [5.74, 6) is 0.121. The first kappa shape index (κ1) is 18.3. The van der Waals surface area contributed by atoms with Gasteiger partial charge in [0.2, 0.25) is 0 Å². The Labute approximate surface area is 166 Å². The molecule has 1 aliphatic heterocycles. The Morgan fingerprint density at radius 1 is 1.19 bits per heavy atom. The zero-order valence-electron chi connectivity index (χ0n) is 15.0. The summed E-state index contributed by atoms with van der Waals surface area (Å²) >= 11 is 3.45. The number of benzene rings is 2. The fourth-order valence-electron chi connectivity index (χ4n) is 3.53. The third-order valence-corrected chi connectivity index (χ3v) is 6.54. The van der Waals surface area contributed by atoms with Crippen molar-refractivity contribution in [2.45, 2.75) is 24.7 Å². The molecular formula is C20H18BrNO4S. The third-order valence-electron chi connectivity index (χ3n) is 4.94. The van der Waals surface area contributed by atoms with Crippen molar-refractivity contribution in [2.24, 2.45) is 0 Å². The normalized spacial score (nSPS) is 14.4. The highest BCUT2D eigenvalue weighted by Gasteiger charge is 2.28. The van der Waals surface area contributed by atoms with Gasteiger partial charge in [0.1, 0.15) is 5.58 Å². The molecular weight excluding hydrogens is 430 g/mol. The van der Waals surface area contributed by atoms with Crippen LogP contribution in [0.1, 0.15) is 28.1 Å². The van der Waals surface area contributed by atoms with Crippen molar-refractivity contribution in [1.29, 1.82) is 0 Å². The number of furan rings is 1. The van der Waals surface area contributed by atoms with Gasteiger partial charge in [-0.05, 0) is 61.7 Å². The van der Waals surface area contributed by atoms with E-state index in [9.17, 15) is 13.2 Å². The molecule has 140 valence electrons. The molecule has 3 aromatic rings. The topological polar surface area (TPSA) is 67.6 Å². The maximum Gasteiger partial charge on any atom is 0.294 e. The molecule has 1 aliphatic rings. The number of carbonyl (C=O) groups excluding carboxylic acids is 1. The molecule has 0 fully saturated rings. The van der Waals surface area contributed by atoms with Crippen molar-refractivity contribution in [2.75, 3.05) is 17.7 Å². The Morgan fingerprint density at radius 2 is 1.96 bits per heavy atom. The first-order chi connectivity index (χ1) is 12.8. The number of carbonyl (C=O) groups is 1. The lowest BCUT2D eigenvalue weighted by atomic mass is 10.0. The van der Waals surface area contributed by atoms with Crippen molar-refractivity contribution in [3.63, 3.8) is 0 Å². The van der Waals surface area contributed by atoms with Gasteiger partial charge in [0.05, 0.1) is 4.90 Å². The van der Waals surface area contributed by atoms with E-state index in [0.29, 0.717) is 17.9 Å². The lowest BCUT2D eigenvalue weighted by molar-refractivity contribution is 0.0959. The third kappa shape index (κ3) is 3.19. The Kier molecular flexibility index (Phi) is 4.39. The van der Waals surface area contributed by atoms with Crippen LogP contribution in [0.2, 0.25) is 0 Å². The standard InChI is InChI=1S/C20H18BrNO4S/c1-12-16-11-14(21)5-8-18(16)26-19(12)20(23)22-9-3-4-13-10-15(27(2,24)25)6-7-17(13)22/h5-8,10-11H,3-4,9H2,1-2H3. The molecule has 5 nitrogen and oxygen atoms in total. The second-order valence-corrected chi connectivity index (χ2v) is 9.75. The summed E-state index contributed by atoms with van der Waals surface area (Å²) in [4.78, 5) is 15.2. The lowest BCUT2D eigenvalue weighted by Crippen LogP contribution is -2.35.